The molecule has 1 fully saturated rings. The topological polar surface area (TPSA) is 101 Å². The van der Waals surface area contributed by atoms with Crippen molar-refractivity contribution in [3.05, 3.63) is 0 Å². The zero-order valence-corrected chi connectivity index (χ0v) is 12.1. The van der Waals surface area contributed by atoms with Gasteiger partial charge in [0, 0.05) is 6.42 Å². The van der Waals surface area contributed by atoms with Gasteiger partial charge in [0.2, 0.25) is 17.7 Å². The molecule has 0 aliphatic carbocycles. The molecule has 3 amide bonds. The third-order valence-electron chi connectivity index (χ3n) is 2.53. The highest BCUT2D eigenvalue weighted by Gasteiger charge is 2.39. The number of hydrogen-bond acceptors (Lipinski definition) is 6. The first-order valence-corrected chi connectivity index (χ1v) is 7.07. The van der Waals surface area contributed by atoms with Crippen LogP contribution in [0.1, 0.15) is 20.3 Å². The Balaban J connectivity index is 2.52. The zero-order chi connectivity index (χ0) is 15.3. The summed E-state index contributed by atoms with van der Waals surface area (Å²) in [5.41, 5.74) is 0. The highest BCUT2D eigenvalue weighted by Crippen LogP contribution is 2.24. The van der Waals surface area contributed by atoms with Gasteiger partial charge in [0.15, 0.2) is 0 Å². The Labute approximate surface area is 120 Å². The van der Waals surface area contributed by atoms with Crippen LogP contribution in [0.15, 0.2) is 0 Å². The fourth-order valence-electron chi connectivity index (χ4n) is 1.59. The van der Waals surface area contributed by atoms with Crippen molar-refractivity contribution in [3.63, 3.8) is 0 Å². The molecular weight excluding hydrogens is 284 g/mol. The summed E-state index contributed by atoms with van der Waals surface area (Å²) >= 11 is 1.11. The Morgan fingerprint density at radius 2 is 1.90 bits per heavy atom. The van der Waals surface area contributed by atoms with Crippen molar-refractivity contribution >= 4 is 41.0 Å². The SMILES string of the molecule is CC(=O)CNC(=O)CN1C(=O)CC(SCC(C)=O)C1=O. The lowest BCUT2D eigenvalue weighted by Gasteiger charge is -2.14. The minimum atomic E-state index is -0.605. The van der Waals surface area contributed by atoms with Gasteiger partial charge in [-0.05, 0) is 13.8 Å². The molecular formula is C12H16N2O5S. The molecule has 0 aromatic heterocycles. The van der Waals surface area contributed by atoms with E-state index in [0.717, 1.165) is 16.7 Å². The number of imide groups is 1. The van der Waals surface area contributed by atoms with E-state index in [1.807, 2.05) is 0 Å². The Hall–Kier alpha value is -1.70. The second-order valence-corrected chi connectivity index (χ2v) is 5.69. The average molecular weight is 300 g/mol. The van der Waals surface area contributed by atoms with Crippen molar-refractivity contribution in [2.45, 2.75) is 25.5 Å². The molecule has 1 atom stereocenters. The molecule has 20 heavy (non-hydrogen) atoms. The fraction of sp³-hybridized carbons (Fsp3) is 0.583. The van der Waals surface area contributed by atoms with E-state index in [0.29, 0.717) is 0 Å². The van der Waals surface area contributed by atoms with Crippen LogP contribution in [0.25, 0.3) is 0 Å². The summed E-state index contributed by atoms with van der Waals surface area (Å²) in [5.74, 6) is -1.58. The predicted octanol–water partition coefficient (Wildman–Crippen LogP) is -0.859. The van der Waals surface area contributed by atoms with Crippen molar-refractivity contribution in [2.75, 3.05) is 18.8 Å². The van der Waals surface area contributed by atoms with E-state index in [2.05, 4.69) is 5.32 Å². The van der Waals surface area contributed by atoms with E-state index in [9.17, 15) is 24.0 Å². The first kappa shape index (κ1) is 16.4. The molecule has 0 bridgehead atoms. The molecule has 0 aromatic carbocycles. The highest BCUT2D eigenvalue weighted by molar-refractivity contribution is 8.01. The molecule has 7 nitrogen and oxygen atoms in total. The van der Waals surface area contributed by atoms with Crippen molar-refractivity contribution in [1.29, 1.82) is 0 Å². The maximum Gasteiger partial charge on any atom is 0.243 e. The van der Waals surface area contributed by atoms with Crippen LogP contribution < -0.4 is 5.32 Å². The number of carbonyl (C=O) groups is 5. The number of likely N-dealkylation sites (tertiary alicyclic amines) is 1. The molecule has 0 saturated carbocycles. The monoisotopic (exact) mass is 300 g/mol. The van der Waals surface area contributed by atoms with Gasteiger partial charge in [-0.15, -0.1) is 11.8 Å². The van der Waals surface area contributed by atoms with Gasteiger partial charge in [0.05, 0.1) is 17.5 Å². The quantitative estimate of drug-likeness (QED) is 0.614. The standard InChI is InChI=1S/C12H16N2O5S/c1-7(15)4-13-10(17)5-14-11(18)3-9(12(14)19)20-6-8(2)16/h9H,3-6H2,1-2H3,(H,13,17). The minimum absolute atomic E-state index is 0.00321. The van der Waals surface area contributed by atoms with Crippen molar-refractivity contribution in [3.8, 4) is 0 Å². The molecule has 0 aromatic rings. The number of ketones is 2. The molecule has 0 spiro atoms. The lowest BCUT2D eigenvalue weighted by molar-refractivity contribution is -0.142. The van der Waals surface area contributed by atoms with Crippen LogP contribution in [0, 0.1) is 0 Å². The van der Waals surface area contributed by atoms with Crippen molar-refractivity contribution in [2.24, 2.45) is 0 Å². The number of carbonyl (C=O) groups excluding carboxylic acids is 5. The zero-order valence-electron chi connectivity index (χ0n) is 11.3. The maximum absolute atomic E-state index is 11.9. The van der Waals surface area contributed by atoms with E-state index in [-0.39, 0.29) is 36.8 Å². The molecule has 1 saturated heterocycles. The number of nitrogens with one attached hydrogen (secondary N) is 1. The third kappa shape index (κ3) is 4.76. The van der Waals surface area contributed by atoms with E-state index in [1.165, 1.54) is 13.8 Å². The molecule has 1 unspecified atom stereocenters. The maximum atomic E-state index is 11.9. The lowest BCUT2D eigenvalue weighted by Crippen LogP contribution is -2.42. The minimum Gasteiger partial charge on any atom is -0.347 e. The number of rotatable bonds is 7. The molecule has 1 aliphatic heterocycles. The predicted molar refractivity (Wildman–Crippen MR) is 72.0 cm³/mol. The van der Waals surface area contributed by atoms with Crippen LogP contribution in [0.4, 0.5) is 0 Å². The second-order valence-electron chi connectivity index (χ2n) is 4.50. The van der Waals surface area contributed by atoms with Gasteiger partial charge < -0.3 is 5.32 Å². The van der Waals surface area contributed by atoms with Crippen LogP contribution >= 0.6 is 11.8 Å². The van der Waals surface area contributed by atoms with Crippen LogP contribution in [-0.4, -0.2) is 58.3 Å². The summed E-state index contributed by atoms with van der Waals surface area (Å²) in [5, 5.41) is 1.72. The van der Waals surface area contributed by atoms with E-state index in [1.54, 1.807) is 0 Å². The first-order chi connectivity index (χ1) is 9.31. The van der Waals surface area contributed by atoms with Crippen molar-refractivity contribution in [1.82, 2.24) is 10.2 Å². The number of Topliss-reactive ketones (excluding diaryl/α,β-unsaturated/α-hetero) is 2. The molecule has 1 rings (SSSR count). The van der Waals surface area contributed by atoms with E-state index < -0.39 is 23.0 Å². The summed E-state index contributed by atoms with van der Waals surface area (Å²) in [6, 6.07) is 0. The van der Waals surface area contributed by atoms with Gasteiger partial charge in [-0.3, -0.25) is 28.9 Å². The number of thioether (sulfide) groups is 1. The Kier molecular flexibility index (Phi) is 5.87. The summed E-state index contributed by atoms with van der Waals surface area (Å²) in [6.07, 6.45) is -0.00321. The Morgan fingerprint density at radius 1 is 1.25 bits per heavy atom. The second kappa shape index (κ2) is 7.18. The van der Waals surface area contributed by atoms with Crippen LogP contribution in [0.3, 0.4) is 0 Å². The summed E-state index contributed by atoms with van der Waals surface area (Å²) in [6.45, 7) is 2.21. The normalized spacial score (nSPS) is 18.3. The van der Waals surface area contributed by atoms with E-state index in [4.69, 9.17) is 0 Å². The molecule has 8 heteroatoms. The highest BCUT2D eigenvalue weighted by atomic mass is 32.2. The van der Waals surface area contributed by atoms with Crippen LogP contribution in [0.2, 0.25) is 0 Å². The van der Waals surface area contributed by atoms with E-state index >= 15 is 0 Å². The van der Waals surface area contributed by atoms with Gasteiger partial charge in [0.1, 0.15) is 18.1 Å². The summed E-state index contributed by atoms with van der Waals surface area (Å²) in [7, 11) is 0. The smallest absolute Gasteiger partial charge is 0.243 e. The summed E-state index contributed by atoms with van der Waals surface area (Å²) < 4.78 is 0. The van der Waals surface area contributed by atoms with Gasteiger partial charge in [-0.1, -0.05) is 0 Å². The van der Waals surface area contributed by atoms with Crippen LogP contribution in [0.5, 0.6) is 0 Å². The van der Waals surface area contributed by atoms with Gasteiger partial charge in [0.25, 0.3) is 0 Å². The molecule has 1 N–H and O–H groups in total. The first-order valence-electron chi connectivity index (χ1n) is 6.02. The fourth-order valence-corrected chi connectivity index (χ4v) is 2.56. The van der Waals surface area contributed by atoms with Gasteiger partial charge in [-0.2, -0.15) is 0 Å². The molecule has 0 radical (unpaired) electrons. The molecule has 110 valence electrons. The van der Waals surface area contributed by atoms with Crippen molar-refractivity contribution < 1.29 is 24.0 Å². The number of hydrogen-bond donors (Lipinski definition) is 1. The van der Waals surface area contributed by atoms with Gasteiger partial charge in [-0.25, -0.2) is 0 Å². The largest absolute Gasteiger partial charge is 0.347 e. The number of nitrogens with zero attached hydrogens (tertiary/aromatic N) is 1. The van der Waals surface area contributed by atoms with Crippen LogP contribution in [-0.2, 0) is 24.0 Å². The molecule has 1 aliphatic rings. The summed E-state index contributed by atoms with van der Waals surface area (Å²) in [4.78, 5) is 57.6. The third-order valence-corrected chi connectivity index (χ3v) is 3.87. The average Bonchev–Trinajstić information content (AvgIpc) is 2.61. The lowest BCUT2D eigenvalue weighted by atomic mass is 10.4. The molecule has 1 heterocycles. The Morgan fingerprint density at radius 3 is 2.45 bits per heavy atom. The number of amides is 3. The van der Waals surface area contributed by atoms with Gasteiger partial charge >= 0.3 is 0 Å². The Bertz CT molecular complexity index is 463.